The Morgan fingerprint density at radius 3 is 2.81 bits per heavy atom. The monoisotopic (exact) mass is 513 g/mol. The highest BCUT2D eigenvalue weighted by Gasteiger charge is 2.34. The van der Waals surface area contributed by atoms with Gasteiger partial charge in [-0.2, -0.15) is 0 Å². The fourth-order valence-corrected chi connectivity index (χ4v) is 6.80. The van der Waals surface area contributed by atoms with Gasteiger partial charge in [0.25, 0.3) is 0 Å². The van der Waals surface area contributed by atoms with Crippen molar-refractivity contribution in [2.24, 2.45) is 5.92 Å². The molecule has 1 aromatic carbocycles. The van der Waals surface area contributed by atoms with Crippen molar-refractivity contribution in [3.63, 3.8) is 0 Å². The van der Waals surface area contributed by atoms with Crippen LogP contribution in [0.25, 0.3) is 22.2 Å². The summed E-state index contributed by atoms with van der Waals surface area (Å²) in [5.74, 6) is 2.67. The predicted octanol–water partition coefficient (Wildman–Crippen LogP) is 3.39. The number of anilines is 1. The van der Waals surface area contributed by atoms with Crippen molar-refractivity contribution in [1.82, 2.24) is 19.4 Å². The number of hydrogen-bond acceptors (Lipinski definition) is 7. The summed E-state index contributed by atoms with van der Waals surface area (Å²) < 4.78 is 40.0. The van der Waals surface area contributed by atoms with E-state index in [4.69, 9.17) is 15.2 Å². The normalized spacial score (nSPS) is 25.3. The summed E-state index contributed by atoms with van der Waals surface area (Å²) >= 11 is 0. The van der Waals surface area contributed by atoms with E-state index in [9.17, 15) is 8.60 Å². The van der Waals surface area contributed by atoms with Crippen LogP contribution in [-0.4, -0.2) is 74.1 Å². The van der Waals surface area contributed by atoms with E-state index in [1.165, 1.54) is 18.5 Å². The average Bonchev–Trinajstić information content (AvgIpc) is 3.50. The summed E-state index contributed by atoms with van der Waals surface area (Å²) in [4.78, 5) is 11.2. The highest BCUT2D eigenvalue weighted by molar-refractivity contribution is 7.85. The van der Waals surface area contributed by atoms with Gasteiger partial charge in [-0.1, -0.05) is 0 Å². The van der Waals surface area contributed by atoms with E-state index in [0.29, 0.717) is 35.7 Å². The SMILES string of the molecule is Nc1ncnc2c1c(-c1cc(F)cc(OC[C@@H]3CCCO3)c1)cn2C1CC(CN2CCS(=O)CC2)C1. The Hall–Kier alpha value is -2.56. The molecule has 6 rings (SSSR count). The zero-order chi connectivity index (χ0) is 24.6. The molecule has 3 aromatic rings. The van der Waals surface area contributed by atoms with E-state index in [2.05, 4.69) is 19.4 Å². The number of rotatable bonds is 7. The molecule has 2 aromatic heterocycles. The van der Waals surface area contributed by atoms with Crippen LogP contribution < -0.4 is 10.5 Å². The summed E-state index contributed by atoms with van der Waals surface area (Å²) in [7, 11) is -0.649. The first kappa shape index (κ1) is 23.8. The van der Waals surface area contributed by atoms with Crippen molar-refractivity contribution in [3.05, 3.63) is 36.5 Å². The second-order valence-electron chi connectivity index (χ2n) is 10.2. The molecule has 3 fully saturated rings. The Kier molecular flexibility index (Phi) is 6.66. The van der Waals surface area contributed by atoms with Crippen molar-refractivity contribution >= 4 is 27.7 Å². The Morgan fingerprint density at radius 2 is 2.03 bits per heavy atom. The molecule has 2 N–H and O–H groups in total. The second kappa shape index (κ2) is 10.1. The predicted molar refractivity (Wildman–Crippen MR) is 138 cm³/mol. The van der Waals surface area contributed by atoms with Crippen LogP contribution in [0.15, 0.2) is 30.7 Å². The topological polar surface area (TPSA) is 95.5 Å². The number of halogens is 1. The molecule has 10 heteroatoms. The molecule has 8 nitrogen and oxygen atoms in total. The summed E-state index contributed by atoms with van der Waals surface area (Å²) in [5, 5.41) is 0.745. The van der Waals surface area contributed by atoms with Gasteiger partial charge in [0, 0.05) is 72.4 Å². The third-order valence-electron chi connectivity index (χ3n) is 7.67. The van der Waals surface area contributed by atoms with E-state index < -0.39 is 10.8 Å². The van der Waals surface area contributed by atoms with Gasteiger partial charge in [-0.15, -0.1) is 0 Å². The Balaban J connectivity index is 1.23. The van der Waals surface area contributed by atoms with Gasteiger partial charge in [-0.3, -0.25) is 4.21 Å². The average molecular weight is 514 g/mol. The number of nitrogens with two attached hydrogens (primary N) is 1. The molecule has 2 aliphatic heterocycles. The Bertz CT molecular complexity index is 1260. The largest absolute Gasteiger partial charge is 0.491 e. The highest BCUT2D eigenvalue weighted by Crippen LogP contribution is 2.43. The van der Waals surface area contributed by atoms with Crippen LogP contribution in [0.5, 0.6) is 5.75 Å². The molecule has 36 heavy (non-hydrogen) atoms. The molecule has 1 atom stereocenters. The molecule has 1 saturated carbocycles. The first-order valence-electron chi connectivity index (χ1n) is 12.8. The highest BCUT2D eigenvalue weighted by atomic mass is 32.2. The molecule has 192 valence electrons. The molecule has 0 unspecified atom stereocenters. The first-order chi connectivity index (χ1) is 17.5. The van der Waals surface area contributed by atoms with E-state index in [1.807, 2.05) is 12.3 Å². The van der Waals surface area contributed by atoms with Crippen LogP contribution in [0.3, 0.4) is 0 Å². The minimum Gasteiger partial charge on any atom is -0.491 e. The van der Waals surface area contributed by atoms with Gasteiger partial charge in [-0.25, -0.2) is 14.4 Å². The summed E-state index contributed by atoms with van der Waals surface area (Å²) in [6, 6.07) is 5.08. The fourth-order valence-electron chi connectivity index (χ4n) is 5.67. The van der Waals surface area contributed by atoms with Crippen molar-refractivity contribution in [2.45, 2.75) is 37.8 Å². The van der Waals surface area contributed by atoms with Crippen LogP contribution in [-0.2, 0) is 15.5 Å². The number of nitrogen functional groups attached to an aromatic ring is 1. The zero-order valence-corrected chi connectivity index (χ0v) is 21.1. The van der Waals surface area contributed by atoms with Crippen LogP contribution in [0.1, 0.15) is 31.7 Å². The van der Waals surface area contributed by atoms with Crippen molar-refractivity contribution in [1.29, 1.82) is 0 Å². The van der Waals surface area contributed by atoms with Crippen LogP contribution in [0.4, 0.5) is 10.2 Å². The van der Waals surface area contributed by atoms with E-state index in [0.717, 1.165) is 80.0 Å². The van der Waals surface area contributed by atoms with E-state index >= 15 is 0 Å². The second-order valence-corrected chi connectivity index (χ2v) is 11.9. The number of fused-ring (bicyclic) bond motifs is 1. The lowest BCUT2D eigenvalue weighted by atomic mass is 9.79. The van der Waals surface area contributed by atoms with Crippen LogP contribution >= 0.6 is 0 Å². The van der Waals surface area contributed by atoms with E-state index in [-0.39, 0.29) is 11.9 Å². The Labute approximate surface area is 212 Å². The minimum absolute atomic E-state index is 0.0568. The molecule has 2 saturated heterocycles. The molecule has 1 aliphatic carbocycles. The smallest absolute Gasteiger partial charge is 0.146 e. The van der Waals surface area contributed by atoms with Crippen LogP contribution in [0, 0.1) is 11.7 Å². The molecule has 4 heterocycles. The maximum absolute atomic E-state index is 14.7. The fraction of sp³-hybridized carbons (Fsp3) is 0.538. The maximum atomic E-state index is 14.7. The van der Waals surface area contributed by atoms with Gasteiger partial charge in [-0.05, 0) is 49.3 Å². The number of hydrogen-bond donors (Lipinski definition) is 1. The van der Waals surface area contributed by atoms with Crippen molar-refractivity contribution < 1.29 is 18.1 Å². The maximum Gasteiger partial charge on any atom is 0.146 e. The standard InChI is InChI=1S/C26H32FN5O3S/c27-19-10-18(11-22(12-19)35-15-21-2-1-5-34-21)23-14-32(26-24(23)25(28)29-16-30-26)20-8-17(9-20)13-31-3-6-36(33)7-4-31/h10-12,14,16-17,20-21H,1-9,13,15H2,(H2,28,29,30)/t17?,20?,21-/m0/s1. The third kappa shape index (κ3) is 4.86. The lowest BCUT2D eigenvalue weighted by molar-refractivity contribution is 0.0678. The lowest BCUT2D eigenvalue weighted by Gasteiger charge is -2.40. The Morgan fingerprint density at radius 1 is 1.19 bits per heavy atom. The molecule has 0 bridgehead atoms. The summed E-state index contributed by atoms with van der Waals surface area (Å²) in [5.41, 5.74) is 8.59. The number of nitrogens with zero attached hydrogens (tertiary/aromatic N) is 4. The molecular weight excluding hydrogens is 481 g/mol. The quantitative estimate of drug-likeness (QED) is 0.517. The van der Waals surface area contributed by atoms with Gasteiger partial charge in [0.15, 0.2) is 0 Å². The van der Waals surface area contributed by atoms with Crippen LogP contribution in [0.2, 0.25) is 0 Å². The molecular formula is C26H32FN5O3S. The first-order valence-corrected chi connectivity index (χ1v) is 14.3. The van der Waals surface area contributed by atoms with Crippen molar-refractivity contribution in [3.8, 4) is 16.9 Å². The lowest BCUT2D eigenvalue weighted by Crippen LogP contribution is -2.43. The van der Waals surface area contributed by atoms with Gasteiger partial charge >= 0.3 is 0 Å². The molecule has 3 aliphatic rings. The minimum atomic E-state index is -0.649. The summed E-state index contributed by atoms with van der Waals surface area (Å²) in [6.45, 7) is 4.05. The number of ether oxygens (including phenoxy) is 2. The van der Waals surface area contributed by atoms with E-state index in [1.54, 1.807) is 0 Å². The summed E-state index contributed by atoms with van der Waals surface area (Å²) in [6.07, 6.45) is 7.67. The molecule has 0 amide bonds. The zero-order valence-electron chi connectivity index (χ0n) is 20.3. The van der Waals surface area contributed by atoms with Gasteiger partial charge in [0.2, 0.25) is 0 Å². The van der Waals surface area contributed by atoms with Gasteiger partial charge in [0.1, 0.15) is 36.0 Å². The molecule has 0 radical (unpaired) electrons. The van der Waals surface area contributed by atoms with Gasteiger partial charge < -0.3 is 24.7 Å². The van der Waals surface area contributed by atoms with Gasteiger partial charge in [0.05, 0.1) is 11.5 Å². The third-order valence-corrected chi connectivity index (χ3v) is 8.95. The molecule has 0 spiro atoms. The number of benzene rings is 1. The van der Waals surface area contributed by atoms with Crippen molar-refractivity contribution in [2.75, 3.05) is 50.1 Å². The number of aromatic nitrogens is 3.